The van der Waals surface area contributed by atoms with Gasteiger partial charge >= 0.3 is 0 Å². The number of rotatable bonds is 42. The monoisotopic (exact) mass is 663 g/mol. The first-order valence-corrected chi connectivity index (χ1v) is 22.9. The van der Waals surface area contributed by atoms with E-state index in [1.165, 1.54) is 244 Å². The molecule has 2 atom stereocenters. The summed E-state index contributed by atoms with van der Waals surface area (Å²) in [4.78, 5) is 0. The van der Waals surface area contributed by atoms with Crippen LogP contribution in [0.1, 0.15) is 272 Å². The largest absolute Gasteiger partial charge is 0.381 e. The quantitative estimate of drug-likeness (QED) is 0.0591. The molecule has 0 aromatic rings. The van der Waals surface area contributed by atoms with Gasteiger partial charge in [0, 0.05) is 13.2 Å². The average molecular weight is 663 g/mol. The second-order valence-electron chi connectivity index (χ2n) is 16.0. The molecule has 0 aliphatic heterocycles. The fraction of sp³-hybridized carbons (Fsp3) is 1.00. The lowest BCUT2D eigenvalue weighted by atomic mass is 9.93. The van der Waals surface area contributed by atoms with Crippen LogP contribution in [0.25, 0.3) is 0 Å². The standard InChI is InChI=1S/C46H94O/c1-5-9-13-17-21-23-25-27-29-33-37-41-45(39-35-31-19-15-11-7-3)43-47-44-46(40-36-32-20-16-12-8-4)42-38-34-30-28-26-24-22-18-14-10-6-2/h45-46H,5-44H2,1-4H3. The maximum Gasteiger partial charge on any atom is 0.0494 e. The summed E-state index contributed by atoms with van der Waals surface area (Å²) in [6, 6.07) is 0. The second-order valence-corrected chi connectivity index (χ2v) is 16.0. The summed E-state index contributed by atoms with van der Waals surface area (Å²) in [5.74, 6) is 1.60. The Morgan fingerprint density at radius 2 is 0.404 bits per heavy atom. The molecule has 0 amide bonds. The van der Waals surface area contributed by atoms with E-state index in [0.29, 0.717) is 0 Å². The van der Waals surface area contributed by atoms with Gasteiger partial charge in [-0.05, 0) is 37.5 Å². The third kappa shape index (κ3) is 38.6. The van der Waals surface area contributed by atoms with Crippen LogP contribution in [0.3, 0.4) is 0 Å². The van der Waals surface area contributed by atoms with Gasteiger partial charge in [-0.15, -0.1) is 0 Å². The van der Waals surface area contributed by atoms with E-state index in [2.05, 4.69) is 27.7 Å². The summed E-state index contributed by atoms with van der Waals surface area (Å²) in [5, 5.41) is 0. The zero-order chi connectivity index (χ0) is 34.1. The van der Waals surface area contributed by atoms with E-state index in [1.54, 1.807) is 0 Å². The Labute approximate surface area is 300 Å². The maximum atomic E-state index is 6.65. The lowest BCUT2D eigenvalue weighted by Gasteiger charge is -2.21. The highest BCUT2D eigenvalue weighted by atomic mass is 16.5. The molecule has 0 aliphatic carbocycles. The summed E-state index contributed by atoms with van der Waals surface area (Å²) < 4.78 is 6.65. The fourth-order valence-corrected chi connectivity index (χ4v) is 7.64. The molecule has 0 saturated carbocycles. The summed E-state index contributed by atoms with van der Waals surface area (Å²) in [6.45, 7) is 11.4. The molecule has 0 rings (SSSR count). The van der Waals surface area contributed by atoms with E-state index in [4.69, 9.17) is 4.74 Å². The topological polar surface area (TPSA) is 9.23 Å². The smallest absolute Gasteiger partial charge is 0.0494 e. The molecular formula is C46H94O. The van der Waals surface area contributed by atoms with Crippen LogP contribution in [0.2, 0.25) is 0 Å². The van der Waals surface area contributed by atoms with Gasteiger partial charge in [0.15, 0.2) is 0 Å². The lowest BCUT2D eigenvalue weighted by molar-refractivity contribution is 0.0587. The zero-order valence-corrected chi connectivity index (χ0v) is 33.8. The summed E-state index contributed by atoms with van der Waals surface area (Å²) in [6.07, 6.45) is 54.5. The molecule has 0 fully saturated rings. The number of hydrogen-bond donors (Lipinski definition) is 0. The van der Waals surface area contributed by atoms with Crippen LogP contribution in [0.15, 0.2) is 0 Å². The van der Waals surface area contributed by atoms with Crippen LogP contribution in [0.4, 0.5) is 0 Å². The molecule has 0 heterocycles. The lowest BCUT2D eigenvalue weighted by Crippen LogP contribution is -2.16. The first-order chi connectivity index (χ1) is 23.3. The molecule has 0 N–H and O–H groups in total. The summed E-state index contributed by atoms with van der Waals surface area (Å²) in [5.41, 5.74) is 0. The van der Waals surface area contributed by atoms with Gasteiger partial charge in [0.1, 0.15) is 0 Å². The van der Waals surface area contributed by atoms with Crippen molar-refractivity contribution in [3.05, 3.63) is 0 Å². The number of hydrogen-bond acceptors (Lipinski definition) is 1. The molecule has 1 heteroatoms. The van der Waals surface area contributed by atoms with Crippen molar-refractivity contribution in [3.8, 4) is 0 Å². The number of ether oxygens (including phenoxy) is 1. The predicted molar refractivity (Wildman–Crippen MR) is 216 cm³/mol. The number of unbranched alkanes of at least 4 members (excludes halogenated alkanes) is 30. The molecule has 0 aromatic heterocycles. The van der Waals surface area contributed by atoms with E-state index < -0.39 is 0 Å². The molecule has 0 spiro atoms. The van der Waals surface area contributed by atoms with Gasteiger partial charge in [0.05, 0.1) is 0 Å². The molecule has 0 bridgehead atoms. The summed E-state index contributed by atoms with van der Waals surface area (Å²) in [7, 11) is 0. The van der Waals surface area contributed by atoms with Gasteiger partial charge in [-0.25, -0.2) is 0 Å². The van der Waals surface area contributed by atoms with Crippen molar-refractivity contribution < 1.29 is 4.74 Å². The molecule has 1 nitrogen and oxygen atoms in total. The second kappa shape index (κ2) is 42.1. The van der Waals surface area contributed by atoms with Gasteiger partial charge in [-0.1, -0.05) is 246 Å². The maximum absolute atomic E-state index is 6.65. The van der Waals surface area contributed by atoms with E-state index in [-0.39, 0.29) is 0 Å². The van der Waals surface area contributed by atoms with Gasteiger partial charge < -0.3 is 4.74 Å². The van der Waals surface area contributed by atoms with Crippen LogP contribution >= 0.6 is 0 Å². The van der Waals surface area contributed by atoms with Gasteiger partial charge in [0.25, 0.3) is 0 Å². The van der Waals surface area contributed by atoms with E-state index in [1.807, 2.05) is 0 Å². The van der Waals surface area contributed by atoms with Crippen LogP contribution in [-0.4, -0.2) is 13.2 Å². The van der Waals surface area contributed by atoms with Crippen LogP contribution in [0.5, 0.6) is 0 Å². The normalized spacial score (nSPS) is 13.0. The van der Waals surface area contributed by atoms with Crippen molar-refractivity contribution >= 4 is 0 Å². The first kappa shape index (κ1) is 47.0. The minimum absolute atomic E-state index is 0.802. The minimum Gasteiger partial charge on any atom is -0.381 e. The Morgan fingerprint density at radius 1 is 0.234 bits per heavy atom. The minimum atomic E-state index is 0.802. The predicted octanol–water partition coefficient (Wildman–Crippen LogP) is 17.1. The highest BCUT2D eigenvalue weighted by Crippen LogP contribution is 2.23. The van der Waals surface area contributed by atoms with Crippen molar-refractivity contribution in [2.45, 2.75) is 272 Å². The fourth-order valence-electron chi connectivity index (χ4n) is 7.64. The Kier molecular flexibility index (Phi) is 42.1. The molecular weight excluding hydrogens is 569 g/mol. The van der Waals surface area contributed by atoms with Crippen molar-refractivity contribution in [2.24, 2.45) is 11.8 Å². The van der Waals surface area contributed by atoms with Crippen molar-refractivity contribution in [3.63, 3.8) is 0 Å². The van der Waals surface area contributed by atoms with Gasteiger partial charge in [-0.3, -0.25) is 0 Å². The molecule has 2 unspecified atom stereocenters. The van der Waals surface area contributed by atoms with Crippen molar-refractivity contribution in [2.75, 3.05) is 13.2 Å². The highest BCUT2D eigenvalue weighted by molar-refractivity contribution is 4.64. The van der Waals surface area contributed by atoms with Crippen molar-refractivity contribution in [1.82, 2.24) is 0 Å². The first-order valence-electron chi connectivity index (χ1n) is 22.9. The third-order valence-electron chi connectivity index (χ3n) is 11.1. The van der Waals surface area contributed by atoms with E-state index >= 15 is 0 Å². The Bertz CT molecular complexity index is 483. The molecule has 0 aromatic carbocycles. The van der Waals surface area contributed by atoms with Crippen LogP contribution < -0.4 is 0 Å². The molecule has 0 saturated heterocycles. The van der Waals surface area contributed by atoms with Crippen molar-refractivity contribution in [1.29, 1.82) is 0 Å². The average Bonchev–Trinajstić information content (AvgIpc) is 3.08. The zero-order valence-electron chi connectivity index (χ0n) is 33.8. The van der Waals surface area contributed by atoms with Gasteiger partial charge in [0.2, 0.25) is 0 Å². The Morgan fingerprint density at radius 3 is 0.596 bits per heavy atom. The Balaban J connectivity index is 4.45. The van der Waals surface area contributed by atoms with Gasteiger partial charge in [-0.2, -0.15) is 0 Å². The van der Waals surface area contributed by atoms with Crippen LogP contribution in [-0.2, 0) is 4.74 Å². The molecule has 0 aliphatic rings. The molecule has 47 heavy (non-hydrogen) atoms. The third-order valence-corrected chi connectivity index (χ3v) is 11.1. The van der Waals surface area contributed by atoms with Crippen LogP contribution in [0, 0.1) is 11.8 Å². The molecule has 284 valence electrons. The summed E-state index contributed by atoms with van der Waals surface area (Å²) >= 11 is 0. The SMILES string of the molecule is CCCCCCCCCCCCCC(CCCCCCCC)COCC(CCCCCCCC)CCCCCCCCCCCCC. The molecule has 0 radical (unpaired) electrons. The van der Waals surface area contributed by atoms with E-state index in [0.717, 1.165) is 25.0 Å². The Hall–Kier alpha value is -0.0400. The highest BCUT2D eigenvalue weighted by Gasteiger charge is 2.13. The van der Waals surface area contributed by atoms with E-state index in [9.17, 15) is 0 Å².